The van der Waals surface area contributed by atoms with Crippen molar-refractivity contribution in [2.75, 3.05) is 20.1 Å². The summed E-state index contributed by atoms with van der Waals surface area (Å²) < 4.78 is 0. The van der Waals surface area contributed by atoms with Crippen LogP contribution >= 0.6 is 0 Å². The van der Waals surface area contributed by atoms with Crippen molar-refractivity contribution < 1.29 is 9.59 Å². The number of nitrogens with zero attached hydrogens (tertiary/aromatic N) is 3. The van der Waals surface area contributed by atoms with Gasteiger partial charge in [-0.15, -0.1) is 0 Å². The first-order valence-electron chi connectivity index (χ1n) is 9.93. The predicted molar refractivity (Wildman–Crippen MR) is 93.2 cm³/mol. The summed E-state index contributed by atoms with van der Waals surface area (Å²) in [6.07, 6.45) is 8.88. The summed E-state index contributed by atoms with van der Waals surface area (Å²) in [5.74, 6) is 2.35. The van der Waals surface area contributed by atoms with E-state index in [4.69, 9.17) is 5.26 Å². The van der Waals surface area contributed by atoms with E-state index in [0.717, 1.165) is 43.4 Å². The molecule has 5 fully saturated rings. The zero-order chi connectivity index (χ0) is 17.6. The van der Waals surface area contributed by atoms with E-state index in [1.54, 1.807) is 4.90 Å². The van der Waals surface area contributed by atoms with E-state index in [0.29, 0.717) is 25.9 Å². The maximum atomic E-state index is 13.4. The third-order valence-electron chi connectivity index (χ3n) is 7.30. The fraction of sp³-hybridized carbons (Fsp3) is 0.850. The van der Waals surface area contributed by atoms with E-state index in [-0.39, 0.29) is 23.3 Å². The van der Waals surface area contributed by atoms with Gasteiger partial charge in [-0.25, -0.2) is 0 Å². The zero-order valence-electron chi connectivity index (χ0n) is 15.2. The summed E-state index contributed by atoms with van der Waals surface area (Å²) in [4.78, 5) is 29.3. The molecule has 0 N–H and O–H groups in total. The lowest BCUT2D eigenvalue weighted by atomic mass is 9.52. The van der Waals surface area contributed by atoms with Gasteiger partial charge >= 0.3 is 0 Å². The molecule has 5 nitrogen and oxygen atoms in total. The Morgan fingerprint density at radius 3 is 2.36 bits per heavy atom. The molecule has 0 radical (unpaired) electrons. The third kappa shape index (κ3) is 2.94. The highest BCUT2D eigenvalue weighted by molar-refractivity contribution is 5.87. The molecular weight excluding hydrogens is 314 g/mol. The lowest BCUT2D eigenvalue weighted by molar-refractivity contribution is -0.159. The zero-order valence-corrected chi connectivity index (χ0v) is 15.2. The Bertz CT molecular complexity index is 573. The molecule has 0 unspecified atom stereocenters. The van der Waals surface area contributed by atoms with E-state index in [1.807, 2.05) is 7.05 Å². The molecule has 4 aliphatic carbocycles. The molecule has 0 aromatic carbocycles. The quantitative estimate of drug-likeness (QED) is 0.788. The van der Waals surface area contributed by atoms with Gasteiger partial charge in [-0.2, -0.15) is 5.26 Å². The summed E-state index contributed by atoms with van der Waals surface area (Å²) in [5, 5.41) is 9.12. The van der Waals surface area contributed by atoms with Crippen LogP contribution in [0.15, 0.2) is 0 Å². The average molecular weight is 343 g/mol. The van der Waals surface area contributed by atoms with Crippen molar-refractivity contribution in [1.82, 2.24) is 9.80 Å². The van der Waals surface area contributed by atoms with Crippen LogP contribution in [0.4, 0.5) is 0 Å². The summed E-state index contributed by atoms with van der Waals surface area (Å²) in [5.41, 5.74) is -0.0188. The number of amides is 2. The molecule has 1 saturated heterocycles. The standard InChI is InChI=1S/C20H29N3O2/c1-22-6-3-17(10-18(22)24)19(25)23(5-2-4-21)20-11-14-7-15(12-20)9-16(8-14)13-20/h14-17H,2-3,5-13H2,1H3/t14?,15?,16?,17-,20?/m1/s1. The molecule has 25 heavy (non-hydrogen) atoms. The minimum absolute atomic E-state index is 0.0188. The molecule has 1 atom stereocenters. The van der Waals surface area contributed by atoms with E-state index >= 15 is 0 Å². The molecule has 4 saturated carbocycles. The molecule has 0 aromatic heterocycles. The van der Waals surface area contributed by atoms with Gasteiger partial charge in [-0.3, -0.25) is 9.59 Å². The second kappa shape index (κ2) is 6.30. The Morgan fingerprint density at radius 1 is 1.24 bits per heavy atom. The molecule has 136 valence electrons. The molecule has 0 aromatic rings. The molecule has 5 heteroatoms. The van der Waals surface area contributed by atoms with Gasteiger partial charge in [0.05, 0.1) is 12.5 Å². The number of nitriles is 1. The minimum atomic E-state index is -0.185. The van der Waals surface area contributed by atoms with Crippen LogP contribution in [-0.4, -0.2) is 47.3 Å². The number of piperidine rings is 1. The Labute approximate surface area is 150 Å². The average Bonchev–Trinajstić information content (AvgIpc) is 2.56. The van der Waals surface area contributed by atoms with Crippen LogP contribution in [0.1, 0.15) is 57.8 Å². The van der Waals surface area contributed by atoms with Gasteiger partial charge in [0.15, 0.2) is 0 Å². The number of carbonyl (C=O) groups is 2. The highest BCUT2D eigenvalue weighted by Crippen LogP contribution is 2.58. The number of hydrogen-bond acceptors (Lipinski definition) is 3. The molecule has 5 rings (SSSR count). The summed E-state index contributed by atoms with van der Waals surface area (Å²) >= 11 is 0. The van der Waals surface area contributed by atoms with Crippen LogP contribution in [0.5, 0.6) is 0 Å². The van der Waals surface area contributed by atoms with E-state index in [9.17, 15) is 9.59 Å². The van der Waals surface area contributed by atoms with Gasteiger partial charge < -0.3 is 9.80 Å². The molecule has 5 aliphatic rings. The van der Waals surface area contributed by atoms with Crippen molar-refractivity contribution in [3.8, 4) is 6.07 Å². The van der Waals surface area contributed by atoms with Crippen molar-refractivity contribution in [3.05, 3.63) is 0 Å². The molecular formula is C20H29N3O2. The highest BCUT2D eigenvalue weighted by Gasteiger charge is 2.55. The fourth-order valence-corrected chi connectivity index (χ4v) is 6.51. The predicted octanol–water partition coefficient (Wildman–Crippen LogP) is 2.57. The van der Waals surface area contributed by atoms with E-state index in [1.165, 1.54) is 19.3 Å². The molecule has 0 spiro atoms. The van der Waals surface area contributed by atoms with Crippen LogP contribution in [0.3, 0.4) is 0 Å². The maximum absolute atomic E-state index is 13.4. The Hall–Kier alpha value is -1.57. The SMILES string of the molecule is CN1CC[C@@H](C(=O)N(CCC#N)C23CC4CC(CC(C4)C2)C3)CC1=O. The third-order valence-corrected chi connectivity index (χ3v) is 7.30. The van der Waals surface area contributed by atoms with Crippen molar-refractivity contribution in [1.29, 1.82) is 5.26 Å². The van der Waals surface area contributed by atoms with Gasteiger partial charge in [-0.1, -0.05) is 0 Å². The van der Waals surface area contributed by atoms with Crippen molar-refractivity contribution in [2.24, 2.45) is 23.7 Å². The maximum Gasteiger partial charge on any atom is 0.226 e. The van der Waals surface area contributed by atoms with E-state index < -0.39 is 0 Å². The van der Waals surface area contributed by atoms with Gasteiger partial charge in [0.25, 0.3) is 0 Å². The Morgan fingerprint density at radius 2 is 1.84 bits per heavy atom. The van der Waals surface area contributed by atoms with Crippen LogP contribution < -0.4 is 0 Å². The Kier molecular flexibility index (Phi) is 4.25. The largest absolute Gasteiger partial charge is 0.346 e. The van der Waals surface area contributed by atoms with Crippen LogP contribution in [-0.2, 0) is 9.59 Å². The normalized spacial score (nSPS) is 39.4. The smallest absolute Gasteiger partial charge is 0.226 e. The number of likely N-dealkylation sites (tertiary alicyclic amines) is 1. The van der Waals surface area contributed by atoms with Gasteiger partial charge in [0.2, 0.25) is 11.8 Å². The van der Waals surface area contributed by atoms with E-state index in [2.05, 4.69) is 11.0 Å². The first-order chi connectivity index (χ1) is 12.0. The lowest BCUT2D eigenvalue weighted by Gasteiger charge is -2.61. The first kappa shape index (κ1) is 16.9. The summed E-state index contributed by atoms with van der Waals surface area (Å²) in [7, 11) is 1.82. The number of rotatable bonds is 4. The lowest BCUT2D eigenvalue weighted by Crippen LogP contribution is -2.63. The van der Waals surface area contributed by atoms with Crippen molar-refractivity contribution in [3.63, 3.8) is 0 Å². The summed E-state index contributed by atoms with van der Waals surface area (Å²) in [6.45, 7) is 1.21. The minimum Gasteiger partial charge on any atom is -0.346 e. The Balaban J connectivity index is 1.57. The number of carbonyl (C=O) groups excluding carboxylic acids is 2. The van der Waals surface area contributed by atoms with Gasteiger partial charge in [0.1, 0.15) is 0 Å². The second-order valence-corrected chi connectivity index (χ2v) is 9.04. The second-order valence-electron chi connectivity index (χ2n) is 9.04. The van der Waals surface area contributed by atoms with Crippen LogP contribution in [0, 0.1) is 35.0 Å². The molecule has 1 heterocycles. The monoisotopic (exact) mass is 343 g/mol. The first-order valence-corrected chi connectivity index (χ1v) is 9.93. The molecule has 2 amide bonds. The highest BCUT2D eigenvalue weighted by atomic mass is 16.2. The summed E-state index contributed by atoms with van der Waals surface area (Å²) in [6, 6.07) is 2.23. The van der Waals surface area contributed by atoms with Crippen molar-refractivity contribution >= 4 is 11.8 Å². The van der Waals surface area contributed by atoms with Crippen LogP contribution in [0.2, 0.25) is 0 Å². The van der Waals surface area contributed by atoms with Crippen LogP contribution in [0.25, 0.3) is 0 Å². The van der Waals surface area contributed by atoms with Gasteiger partial charge in [-0.05, 0) is 62.7 Å². The molecule has 1 aliphatic heterocycles. The molecule has 4 bridgehead atoms. The fourth-order valence-electron chi connectivity index (χ4n) is 6.51. The van der Waals surface area contributed by atoms with Crippen molar-refractivity contribution in [2.45, 2.75) is 63.3 Å². The topological polar surface area (TPSA) is 64.4 Å². The number of hydrogen-bond donors (Lipinski definition) is 0. The van der Waals surface area contributed by atoms with Gasteiger partial charge in [0, 0.05) is 38.0 Å².